The quantitative estimate of drug-likeness (QED) is 0.863. The summed E-state index contributed by atoms with van der Waals surface area (Å²) >= 11 is 0. The van der Waals surface area contributed by atoms with Gasteiger partial charge in [0.2, 0.25) is 11.8 Å². The number of carbonyl (C=O) groups excluding carboxylic acids is 2. The summed E-state index contributed by atoms with van der Waals surface area (Å²) < 4.78 is 5.18. The minimum atomic E-state index is -0.908. The van der Waals surface area contributed by atoms with Crippen molar-refractivity contribution in [1.82, 2.24) is 4.90 Å². The molecule has 0 bridgehead atoms. The highest BCUT2D eigenvalue weighted by Crippen LogP contribution is 2.55. The molecule has 3 aliphatic rings. The Hall–Kier alpha value is -2.86. The van der Waals surface area contributed by atoms with Crippen molar-refractivity contribution >= 4 is 23.2 Å². The van der Waals surface area contributed by atoms with Gasteiger partial charge in [0.15, 0.2) is 0 Å². The smallest absolute Gasteiger partial charge is 0.250 e. The van der Waals surface area contributed by atoms with E-state index in [1.165, 1.54) is 0 Å². The Bertz CT molecular complexity index is 942. The van der Waals surface area contributed by atoms with Crippen molar-refractivity contribution < 1.29 is 14.3 Å². The number of rotatable bonds is 3. The molecule has 3 aliphatic heterocycles. The van der Waals surface area contributed by atoms with E-state index in [2.05, 4.69) is 15.5 Å². The normalized spacial score (nSPS) is 28.1. The zero-order chi connectivity index (χ0) is 19.3. The number of benzene rings is 2. The fraction of sp³-hybridized carbons (Fsp3) is 0.364. The highest BCUT2D eigenvalue weighted by molar-refractivity contribution is 6.10. The molecule has 0 unspecified atom stereocenters. The zero-order valence-corrected chi connectivity index (χ0v) is 15.8. The molecule has 2 aromatic rings. The van der Waals surface area contributed by atoms with Crippen LogP contribution in [0.2, 0.25) is 0 Å². The maximum atomic E-state index is 13.4. The van der Waals surface area contributed by atoms with Crippen LogP contribution in [-0.4, -0.2) is 36.4 Å². The first-order chi connectivity index (χ1) is 13.6. The van der Waals surface area contributed by atoms with Crippen molar-refractivity contribution in [2.24, 2.45) is 5.92 Å². The third kappa shape index (κ3) is 2.31. The van der Waals surface area contributed by atoms with Crippen molar-refractivity contribution in [2.45, 2.75) is 30.8 Å². The first-order valence-corrected chi connectivity index (χ1v) is 9.77. The van der Waals surface area contributed by atoms with E-state index in [9.17, 15) is 9.59 Å². The number of ether oxygens (including phenoxy) is 1. The van der Waals surface area contributed by atoms with Gasteiger partial charge in [-0.2, -0.15) is 0 Å². The Morgan fingerprint density at radius 1 is 1.21 bits per heavy atom. The van der Waals surface area contributed by atoms with Crippen LogP contribution in [0.25, 0.3) is 0 Å². The number of methoxy groups -OCH3 is 1. The number of anilines is 2. The van der Waals surface area contributed by atoms with E-state index in [4.69, 9.17) is 4.74 Å². The third-order valence-corrected chi connectivity index (χ3v) is 6.45. The summed E-state index contributed by atoms with van der Waals surface area (Å²) in [5.74, 6) is 0.128. The molecule has 6 nitrogen and oxygen atoms in total. The van der Waals surface area contributed by atoms with Crippen LogP contribution in [0.15, 0.2) is 48.5 Å². The van der Waals surface area contributed by atoms with Gasteiger partial charge in [-0.1, -0.05) is 18.2 Å². The second kappa shape index (κ2) is 6.34. The van der Waals surface area contributed by atoms with E-state index < -0.39 is 11.5 Å². The Morgan fingerprint density at radius 3 is 2.79 bits per heavy atom. The molecule has 0 aliphatic carbocycles. The molecule has 6 heteroatoms. The number of hydrogen-bond acceptors (Lipinski definition) is 4. The van der Waals surface area contributed by atoms with Crippen molar-refractivity contribution in [3.8, 4) is 5.75 Å². The van der Waals surface area contributed by atoms with Crippen molar-refractivity contribution in [3.63, 3.8) is 0 Å². The predicted octanol–water partition coefficient (Wildman–Crippen LogP) is 2.97. The number of carbonyl (C=O) groups is 2. The van der Waals surface area contributed by atoms with E-state index in [0.717, 1.165) is 36.4 Å². The van der Waals surface area contributed by atoms with Gasteiger partial charge in [-0.25, -0.2) is 0 Å². The fourth-order valence-electron chi connectivity index (χ4n) is 5.28. The summed E-state index contributed by atoms with van der Waals surface area (Å²) in [4.78, 5) is 28.9. The summed E-state index contributed by atoms with van der Waals surface area (Å²) in [6, 6.07) is 15.3. The molecule has 2 saturated heterocycles. The molecule has 0 saturated carbocycles. The number of hydrogen-bond donors (Lipinski definition) is 2. The van der Waals surface area contributed by atoms with Crippen LogP contribution in [0, 0.1) is 5.92 Å². The van der Waals surface area contributed by atoms with E-state index in [1.807, 2.05) is 48.5 Å². The molecule has 2 amide bonds. The fourth-order valence-corrected chi connectivity index (χ4v) is 5.28. The van der Waals surface area contributed by atoms with E-state index in [-0.39, 0.29) is 17.9 Å². The second-order valence-corrected chi connectivity index (χ2v) is 7.76. The second-order valence-electron chi connectivity index (χ2n) is 7.76. The van der Waals surface area contributed by atoms with Crippen molar-refractivity contribution in [1.29, 1.82) is 0 Å². The van der Waals surface area contributed by atoms with Gasteiger partial charge in [0.1, 0.15) is 11.3 Å². The summed E-state index contributed by atoms with van der Waals surface area (Å²) in [7, 11) is 1.61. The highest BCUT2D eigenvalue weighted by atomic mass is 16.5. The van der Waals surface area contributed by atoms with Crippen LogP contribution in [0.1, 0.15) is 24.8 Å². The molecule has 2 N–H and O–H groups in total. The number of fused-ring (bicyclic) bond motifs is 4. The molecule has 1 spiro atoms. The Labute approximate surface area is 163 Å². The summed E-state index contributed by atoms with van der Waals surface area (Å²) in [5.41, 5.74) is 1.55. The molecule has 2 aromatic carbocycles. The van der Waals surface area contributed by atoms with Crippen LogP contribution in [0.4, 0.5) is 11.4 Å². The lowest BCUT2D eigenvalue weighted by Gasteiger charge is -2.36. The SMILES string of the molecule is COc1ccc(NC(=O)[C@H]2C[C@H]3CCCN3[C@]23C(=O)Nc2ccccc23)cc1. The van der Waals surface area contributed by atoms with Gasteiger partial charge < -0.3 is 15.4 Å². The molecule has 28 heavy (non-hydrogen) atoms. The largest absolute Gasteiger partial charge is 0.497 e. The average Bonchev–Trinajstić information content (AvgIpc) is 3.37. The predicted molar refractivity (Wildman–Crippen MR) is 106 cm³/mol. The molecule has 2 fully saturated rings. The van der Waals surface area contributed by atoms with Crippen LogP contribution < -0.4 is 15.4 Å². The number of nitrogens with zero attached hydrogens (tertiary/aromatic N) is 1. The minimum absolute atomic E-state index is 0.0759. The maximum Gasteiger partial charge on any atom is 0.250 e. The van der Waals surface area contributed by atoms with Crippen LogP contribution in [0.3, 0.4) is 0 Å². The van der Waals surface area contributed by atoms with E-state index in [0.29, 0.717) is 12.1 Å². The van der Waals surface area contributed by atoms with Crippen molar-refractivity contribution in [2.75, 3.05) is 24.3 Å². The highest BCUT2D eigenvalue weighted by Gasteiger charge is 2.65. The Kier molecular flexibility index (Phi) is 3.91. The summed E-state index contributed by atoms with van der Waals surface area (Å²) in [6.45, 7) is 0.846. The number of para-hydroxylation sites is 1. The molecule has 5 rings (SSSR count). The minimum Gasteiger partial charge on any atom is -0.497 e. The standard InChI is InChI=1S/C22H23N3O3/c1-28-16-10-8-14(9-11-16)23-20(26)18-13-15-5-4-12-25(15)22(18)17-6-2-3-7-19(17)24-21(22)27/h2-3,6-11,15,18H,4-5,12-13H2,1H3,(H,23,26)(H,24,27)/t15-,18-,22+/m1/s1. The first-order valence-electron chi connectivity index (χ1n) is 9.77. The van der Waals surface area contributed by atoms with E-state index in [1.54, 1.807) is 7.11 Å². The lowest BCUT2D eigenvalue weighted by atomic mass is 9.78. The monoisotopic (exact) mass is 377 g/mol. The Balaban J connectivity index is 1.53. The summed E-state index contributed by atoms with van der Waals surface area (Å²) in [6.07, 6.45) is 2.79. The average molecular weight is 377 g/mol. The molecule has 0 aromatic heterocycles. The van der Waals surface area contributed by atoms with Gasteiger partial charge in [0.25, 0.3) is 0 Å². The Morgan fingerprint density at radius 2 is 2.00 bits per heavy atom. The van der Waals surface area contributed by atoms with Gasteiger partial charge in [-0.05, 0) is 56.1 Å². The lowest BCUT2D eigenvalue weighted by molar-refractivity contribution is -0.135. The molecule has 144 valence electrons. The van der Waals surface area contributed by atoms with Gasteiger partial charge in [0.05, 0.1) is 13.0 Å². The van der Waals surface area contributed by atoms with Gasteiger partial charge in [-0.15, -0.1) is 0 Å². The maximum absolute atomic E-state index is 13.4. The number of amides is 2. The van der Waals surface area contributed by atoms with Crippen LogP contribution in [0.5, 0.6) is 5.75 Å². The number of nitrogens with one attached hydrogen (secondary N) is 2. The van der Waals surface area contributed by atoms with Gasteiger partial charge >= 0.3 is 0 Å². The van der Waals surface area contributed by atoms with Crippen molar-refractivity contribution in [3.05, 3.63) is 54.1 Å². The molecule has 0 radical (unpaired) electrons. The molecule has 3 atom stereocenters. The molecular weight excluding hydrogens is 354 g/mol. The lowest BCUT2D eigenvalue weighted by Crippen LogP contribution is -2.53. The zero-order valence-electron chi connectivity index (χ0n) is 15.8. The van der Waals surface area contributed by atoms with Gasteiger partial charge in [0, 0.05) is 23.0 Å². The molecular formula is C22H23N3O3. The van der Waals surface area contributed by atoms with E-state index >= 15 is 0 Å². The summed E-state index contributed by atoms with van der Waals surface area (Å²) in [5, 5.41) is 6.06. The third-order valence-electron chi connectivity index (χ3n) is 6.45. The van der Waals surface area contributed by atoms with Crippen LogP contribution >= 0.6 is 0 Å². The molecule has 3 heterocycles. The van der Waals surface area contributed by atoms with Crippen LogP contribution in [-0.2, 0) is 15.1 Å². The topological polar surface area (TPSA) is 70.7 Å². The first kappa shape index (κ1) is 17.3. The van der Waals surface area contributed by atoms with Gasteiger partial charge in [-0.3, -0.25) is 14.5 Å².